The number of hydrogen-bond donors (Lipinski definition) is 2. The second kappa shape index (κ2) is 10.1. The third-order valence-corrected chi connectivity index (χ3v) is 7.47. The van der Waals surface area contributed by atoms with Crippen molar-refractivity contribution in [2.24, 2.45) is 0 Å². The number of amides is 2. The first-order chi connectivity index (χ1) is 16.2. The highest BCUT2D eigenvalue weighted by Crippen LogP contribution is 2.29. The number of benzene rings is 2. The number of fused-ring (bicyclic) bond motifs is 1. The van der Waals surface area contributed by atoms with Gasteiger partial charge in [0.15, 0.2) is 0 Å². The lowest BCUT2D eigenvalue weighted by atomic mass is 9.87. The zero-order chi connectivity index (χ0) is 22.6. The SMILES string of the molecule is O=C1N[C@H]2CCCC[C@H]2N[C@@H]1CC(=O)N1CCN(C(c2ccccc2)c2ccccc2)CC1. The molecule has 2 aromatic carbocycles. The van der Waals surface area contributed by atoms with E-state index >= 15 is 0 Å². The molecule has 1 aliphatic carbocycles. The van der Waals surface area contributed by atoms with Crippen molar-refractivity contribution in [2.45, 2.75) is 56.3 Å². The van der Waals surface area contributed by atoms with E-state index in [0.717, 1.165) is 25.9 Å². The predicted octanol–water partition coefficient (Wildman–Crippen LogP) is 2.71. The second-order valence-corrected chi connectivity index (χ2v) is 9.57. The lowest BCUT2D eigenvalue weighted by molar-refractivity contribution is -0.138. The maximum absolute atomic E-state index is 13.1. The van der Waals surface area contributed by atoms with Gasteiger partial charge in [0.25, 0.3) is 0 Å². The van der Waals surface area contributed by atoms with Crippen molar-refractivity contribution in [3.63, 3.8) is 0 Å². The maximum atomic E-state index is 13.1. The molecule has 2 aliphatic heterocycles. The van der Waals surface area contributed by atoms with Crippen LogP contribution in [0.15, 0.2) is 60.7 Å². The molecule has 0 spiro atoms. The molecule has 0 radical (unpaired) electrons. The maximum Gasteiger partial charge on any atom is 0.237 e. The van der Waals surface area contributed by atoms with Crippen LogP contribution >= 0.6 is 0 Å². The number of carbonyl (C=O) groups excluding carboxylic acids is 2. The summed E-state index contributed by atoms with van der Waals surface area (Å²) in [6.07, 6.45) is 4.72. The Balaban J connectivity index is 1.21. The highest BCUT2D eigenvalue weighted by Gasteiger charge is 2.38. The van der Waals surface area contributed by atoms with Gasteiger partial charge >= 0.3 is 0 Å². The lowest BCUT2D eigenvalue weighted by Crippen LogP contribution is -2.65. The van der Waals surface area contributed by atoms with Crippen LogP contribution in [-0.2, 0) is 9.59 Å². The van der Waals surface area contributed by atoms with Gasteiger partial charge in [-0.1, -0.05) is 73.5 Å². The van der Waals surface area contributed by atoms with Crippen molar-refractivity contribution in [1.29, 1.82) is 0 Å². The molecule has 0 bridgehead atoms. The summed E-state index contributed by atoms with van der Waals surface area (Å²) in [5.74, 6) is 0.0610. The summed E-state index contributed by atoms with van der Waals surface area (Å²) < 4.78 is 0. The minimum atomic E-state index is -0.406. The van der Waals surface area contributed by atoms with E-state index < -0.39 is 6.04 Å². The van der Waals surface area contributed by atoms with E-state index in [1.807, 2.05) is 17.0 Å². The average Bonchev–Trinajstić information content (AvgIpc) is 2.86. The third-order valence-electron chi connectivity index (χ3n) is 7.47. The number of hydrogen-bond acceptors (Lipinski definition) is 4. The van der Waals surface area contributed by atoms with Crippen LogP contribution in [0.2, 0.25) is 0 Å². The molecule has 2 saturated heterocycles. The van der Waals surface area contributed by atoms with E-state index in [4.69, 9.17) is 0 Å². The van der Waals surface area contributed by atoms with Gasteiger partial charge in [-0.15, -0.1) is 0 Å². The summed E-state index contributed by atoms with van der Waals surface area (Å²) >= 11 is 0. The van der Waals surface area contributed by atoms with E-state index in [1.165, 1.54) is 24.0 Å². The Bertz CT molecular complexity index is 904. The molecule has 2 N–H and O–H groups in total. The molecule has 6 heteroatoms. The van der Waals surface area contributed by atoms with Crippen molar-refractivity contribution < 1.29 is 9.59 Å². The quantitative estimate of drug-likeness (QED) is 0.741. The van der Waals surface area contributed by atoms with Crippen LogP contribution in [0.1, 0.15) is 49.3 Å². The number of nitrogens with one attached hydrogen (secondary N) is 2. The highest BCUT2D eigenvalue weighted by atomic mass is 16.2. The fourth-order valence-electron chi connectivity index (χ4n) is 5.69. The van der Waals surface area contributed by atoms with Crippen molar-refractivity contribution in [3.05, 3.63) is 71.8 Å². The van der Waals surface area contributed by atoms with Gasteiger partial charge in [0, 0.05) is 38.3 Å². The molecule has 1 saturated carbocycles. The molecule has 3 fully saturated rings. The molecular formula is C27H34N4O2. The second-order valence-electron chi connectivity index (χ2n) is 9.57. The molecule has 3 atom stereocenters. The molecule has 6 nitrogen and oxygen atoms in total. The van der Waals surface area contributed by atoms with Crippen LogP contribution in [0.3, 0.4) is 0 Å². The Morgan fingerprint density at radius 2 is 1.42 bits per heavy atom. The van der Waals surface area contributed by atoms with E-state index in [2.05, 4.69) is 64.1 Å². The van der Waals surface area contributed by atoms with Crippen LogP contribution in [0, 0.1) is 0 Å². The summed E-state index contributed by atoms with van der Waals surface area (Å²) in [7, 11) is 0. The average molecular weight is 447 g/mol. The summed E-state index contributed by atoms with van der Waals surface area (Å²) in [5.41, 5.74) is 2.54. The zero-order valence-electron chi connectivity index (χ0n) is 19.2. The Morgan fingerprint density at radius 1 is 0.848 bits per heavy atom. The molecule has 2 heterocycles. The first kappa shape index (κ1) is 22.1. The zero-order valence-corrected chi connectivity index (χ0v) is 19.2. The van der Waals surface area contributed by atoms with E-state index in [1.54, 1.807) is 0 Å². The summed E-state index contributed by atoms with van der Waals surface area (Å²) in [6.45, 7) is 3.01. The smallest absolute Gasteiger partial charge is 0.237 e. The monoisotopic (exact) mass is 446 g/mol. The normalized spacial score (nSPS) is 26.0. The first-order valence-corrected chi connectivity index (χ1v) is 12.4. The number of nitrogens with zero attached hydrogens (tertiary/aromatic N) is 2. The Labute approximate surface area is 196 Å². The van der Waals surface area contributed by atoms with Crippen LogP contribution < -0.4 is 10.6 Å². The molecule has 2 aromatic rings. The molecule has 33 heavy (non-hydrogen) atoms. The highest BCUT2D eigenvalue weighted by molar-refractivity contribution is 5.89. The van der Waals surface area contributed by atoms with E-state index in [-0.39, 0.29) is 30.3 Å². The first-order valence-electron chi connectivity index (χ1n) is 12.4. The predicted molar refractivity (Wildman–Crippen MR) is 129 cm³/mol. The third kappa shape index (κ3) is 4.97. The van der Waals surface area contributed by atoms with E-state index in [0.29, 0.717) is 19.1 Å². The van der Waals surface area contributed by atoms with Crippen LogP contribution in [0.4, 0.5) is 0 Å². The lowest BCUT2D eigenvalue weighted by Gasteiger charge is -2.42. The van der Waals surface area contributed by atoms with Gasteiger partial charge in [-0.2, -0.15) is 0 Å². The van der Waals surface area contributed by atoms with Crippen LogP contribution in [0.25, 0.3) is 0 Å². The largest absolute Gasteiger partial charge is 0.350 e. The van der Waals surface area contributed by atoms with Crippen molar-refractivity contribution >= 4 is 11.8 Å². The molecule has 2 amide bonds. The Kier molecular flexibility index (Phi) is 6.74. The van der Waals surface area contributed by atoms with Crippen LogP contribution in [0.5, 0.6) is 0 Å². The number of rotatable bonds is 5. The fraction of sp³-hybridized carbons (Fsp3) is 0.481. The van der Waals surface area contributed by atoms with Gasteiger partial charge in [-0.3, -0.25) is 14.5 Å². The molecule has 174 valence electrons. The van der Waals surface area contributed by atoms with Crippen molar-refractivity contribution in [1.82, 2.24) is 20.4 Å². The van der Waals surface area contributed by atoms with Gasteiger partial charge in [-0.25, -0.2) is 0 Å². The Morgan fingerprint density at radius 3 is 2.03 bits per heavy atom. The fourth-order valence-corrected chi connectivity index (χ4v) is 5.69. The minimum Gasteiger partial charge on any atom is -0.350 e. The summed E-state index contributed by atoms with van der Waals surface area (Å²) in [5, 5.41) is 6.63. The molecule has 5 rings (SSSR count). The van der Waals surface area contributed by atoms with Gasteiger partial charge in [0.05, 0.1) is 18.5 Å². The van der Waals surface area contributed by atoms with E-state index in [9.17, 15) is 9.59 Å². The molecule has 0 unspecified atom stereocenters. The standard InChI is InChI=1S/C27H34N4O2/c32-25(19-24-27(33)29-23-14-8-7-13-22(23)28-24)30-15-17-31(18-16-30)26(20-9-3-1-4-10-20)21-11-5-2-6-12-21/h1-6,9-12,22-24,26,28H,7-8,13-19H2,(H,29,33)/t22-,23+,24-/m1/s1. The Hall–Kier alpha value is -2.70. The number of piperazine rings is 2. The topological polar surface area (TPSA) is 64.7 Å². The van der Waals surface area contributed by atoms with Gasteiger partial charge in [-0.05, 0) is 24.0 Å². The van der Waals surface area contributed by atoms with Gasteiger partial charge < -0.3 is 15.5 Å². The molecular weight excluding hydrogens is 412 g/mol. The minimum absolute atomic E-state index is 0.0154. The molecule has 0 aromatic heterocycles. The molecule has 3 aliphatic rings. The van der Waals surface area contributed by atoms with Crippen LogP contribution in [-0.4, -0.2) is 65.9 Å². The van der Waals surface area contributed by atoms with Gasteiger partial charge in [0.2, 0.25) is 11.8 Å². The van der Waals surface area contributed by atoms with Crippen molar-refractivity contribution in [3.8, 4) is 0 Å². The van der Waals surface area contributed by atoms with Gasteiger partial charge in [0.1, 0.15) is 0 Å². The summed E-state index contributed by atoms with van der Waals surface area (Å²) in [4.78, 5) is 30.0. The summed E-state index contributed by atoms with van der Waals surface area (Å²) in [6, 6.07) is 21.5. The number of carbonyl (C=O) groups is 2. The van der Waals surface area contributed by atoms with Crippen molar-refractivity contribution in [2.75, 3.05) is 26.2 Å².